The molecule has 0 aliphatic carbocycles. The first-order chi connectivity index (χ1) is 13.9. The van der Waals surface area contributed by atoms with Gasteiger partial charge in [0, 0.05) is 10.0 Å². The second kappa shape index (κ2) is 7.32. The highest BCUT2D eigenvalue weighted by molar-refractivity contribution is 9.10. The molecule has 1 aliphatic rings. The minimum Gasteiger partial charge on any atom is -0.497 e. The van der Waals surface area contributed by atoms with Gasteiger partial charge in [0.1, 0.15) is 17.8 Å². The van der Waals surface area contributed by atoms with Crippen LogP contribution in [0.5, 0.6) is 5.75 Å². The molecule has 1 atom stereocenters. The summed E-state index contributed by atoms with van der Waals surface area (Å²) in [6.45, 7) is 1.55. The second-order valence-electron chi connectivity index (χ2n) is 6.70. The monoisotopic (exact) mass is 456 g/mol. The van der Waals surface area contributed by atoms with Gasteiger partial charge in [-0.1, -0.05) is 45.4 Å². The first kappa shape index (κ1) is 19.1. The quantitative estimate of drug-likeness (QED) is 0.590. The molecule has 9 heteroatoms. The van der Waals surface area contributed by atoms with Gasteiger partial charge in [-0.2, -0.15) is 4.98 Å². The van der Waals surface area contributed by atoms with Crippen molar-refractivity contribution in [1.29, 1.82) is 0 Å². The minimum absolute atomic E-state index is 0.114. The van der Waals surface area contributed by atoms with Gasteiger partial charge in [0.05, 0.1) is 7.11 Å². The molecule has 1 saturated heterocycles. The number of nitrogens with zero attached hydrogens (tertiary/aromatic N) is 3. The predicted molar refractivity (Wildman–Crippen MR) is 107 cm³/mol. The predicted octanol–water partition coefficient (Wildman–Crippen LogP) is 3.47. The number of hydrogen-bond donors (Lipinski definition) is 1. The summed E-state index contributed by atoms with van der Waals surface area (Å²) in [7, 11) is 1.56. The normalized spacial score (nSPS) is 18.8. The zero-order valence-corrected chi connectivity index (χ0v) is 17.3. The molecule has 0 spiro atoms. The average Bonchev–Trinajstić information content (AvgIpc) is 3.27. The number of imide groups is 1. The van der Waals surface area contributed by atoms with E-state index in [4.69, 9.17) is 9.26 Å². The standard InChI is InChI=1S/C20H17BrN4O4/c1-20(13-6-8-15(28-2)9-7-13)18(26)25(19(27)23-20)11-16-22-17(24-29-16)12-4-3-5-14(21)10-12/h3-10H,11H2,1-2H3,(H,23,27). The summed E-state index contributed by atoms with van der Waals surface area (Å²) in [4.78, 5) is 30.9. The third kappa shape index (κ3) is 3.49. The number of halogens is 1. The van der Waals surface area contributed by atoms with Crippen LogP contribution in [0.4, 0.5) is 4.79 Å². The lowest BCUT2D eigenvalue weighted by molar-refractivity contribution is -0.131. The van der Waals surface area contributed by atoms with Crippen LogP contribution in [0.3, 0.4) is 0 Å². The average molecular weight is 457 g/mol. The maximum Gasteiger partial charge on any atom is 0.325 e. The highest BCUT2D eigenvalue weighted by Crippen LogP contribution is 2.31. The molecule has 3 aromatic rings. The fourth-order valence-electron chi connectivity index (χ4n) is 3.16. The van der Waals surface area contributed by atoms with Crippen molar-refractivity contribution in [2.24, 2.45) is 0 Å². The van der Waals surface area contributed by atoms with Crippen LogP contribution in [0.15, 0.2) is 57.5 Å². The zero-order valence-electron chi connectivity index (χ0n) is 15.7. The summed E-state index contributed by atoms with van der Waals surface area (Å²) in [5, 5.41) is 6.69. The highest BCUT2D eigenvalue weighted by Gasteiger charge is 2.49. The van der Waals surface area contributed by atoms with Crippen LogP contribution in [0.1, 0.15) is 18.4 Å². The molecule has 0 saturated carbocycles. The van der Waals surface area contributed by atoms with Crippen molar-refractivity contribution in [1.82, 2.24) is 20.4 Å². The van der Waals surface area contributed by atoms with Crippen LogP contribution in [0.2, 0.25) is 0 Å². The molecule has 29 heavy (non-hydrogen) atoms. The van der Waals surface area contributed by atoms with E-state index in [1.807, 2.05) is 24.3 Å². The lowest BCUT2D eigenvalue weighted by Crippen LogP contribution is -2.40. The Morgan fingerprint density at radius 1 is 1.21 bits per heavy atom. The van der Waals surface area contributed by atoms with E-state index >= 15 is 0 Å². The number of nitrogens with one attached hydrogen (secondary N) is 1. The van der Waals surface area contributed by atoms with Crippen LogP contribution >= 0.6 is 15.9 Å². The molecular formula is C20H17BrN4O4. The molecule has 2 heterocycles. The fourth-order valence-corrected chi connectivity index (χ4v) is 3.56. The molecule has 1 aliphatic heterocycles. The number of carbonyl (C=O) groups excluding carboxylic acids is 2. The number of aromatic nitrogens is 2. The summed E-state index contributed by atoms with van der Waals surface area (Å²) in [6.07, 6.45) is 0. The van der Waals surface area contributed by atoms with Gasteiger partial charge in [0.25, 0.3) is 5.91 Å². The molecule has 1 N–H and O–H groups in total. The molecule has 1 aromatic heterocycles. The van der Waals surface area contributed by atoms with Gasteiger partial charge in [-0.25, -0.2) is 4.79 Å². The summed E-state index contributed by atoms with van der Waals surface area (Å²) in [6, 6.07) is 13.9. The molecule has 0 bridgehead atoms. The molecule has 8 nitrogen and oxygen atoms in total. The van der Waals surface area contributed by atoms with Crippen LogP contribution in [0.25, 0.3) is 11.4 Å². The van der Waals surface area contributed by atoms with E-state index in [-0.39, 0.29) is 12.4 Å². The molecule has 2 aromatic carbocycles. The SMILES string of the molecule is COc1ccc(C2(C)NC(=O)N(Cc3nc(-c4cccc(Br)c4)no3)C2=O)cc1. The Balaban J connectivity index is 1.55. The Bertz CT molecular complexity index is 1080. The Morgan fingerprint density at radius 3 is 2.66 bits per heavy atom. The Hall–Kier alpha value is -3.20. The summed E-state index contributed by atoms with van der Waals surface area (Å²) >= 11 is 3.40. The molecule has 4 rings (SSSR count). The van der Waals surface area contributed by atoms with E-state index in [0.29, 0.717) is 17.1 Å². The van der Waals surface area contributed by atoms with E-state index in [1.165, 1.54) is 0 Å². The van der Waals surface area contributed by atoms with Crippen molar-refractivity contribution < 1.29 is 18.8 Å². The van der Waals surface area contributed by atoms with Gasteiger partial charge < -0.3 is 14.6 Å². The van der Waals surface area contributed by atoms with Gasteiger partial charge >= 0.3 is 6.03 Å². The van der Waals surface area contributed by atoms with Crippen molar-refractivity contribution >= 4 is 27.9 Å². The number of amides is 3. The Labute approximate surface area is 175 Å². The number of rotatable bonds is 5. The van der Waals surface area contributed by atoms with Crippen LogP contribution in [-0.4, -0.2) is 34.1 Å². The van der Waals surface area contributed by atoms with E-state index in [0.717, 1.165) is 14.9 Å². The molecule has 3 amide bonds. The van der Waals surface area contributed by atoms with Gasteiger partial charge in [0.2, 0.25) is 11.7 Å². The fraction of sp³-hybridized carbons (Fsp3) is 0.200. The molecule has 148 valence electrons. The lowest BCUT2D eigenvalue weighted by atomic mass is 9.92. The maximum atomic E-state index is 13.0. The Morgan fingerprint density at radius 2 is 1.97 bits per heavy atom. The van der Waals surface area contributed by atoms with Gasteiger partial charge in [0.15, 0.2) is 0 Å². The van der Waals surface area contributed by atoms with Crippen molar-refractivity contribution in [3.05, 3.63) is 64.5 Å². The van der Waals surface area contributed by atoms with Crippen LogP contribution in [0, 0.1) is 0 Å². The van der Waals surface area contributed by atoms with E-state index in [2.05, 4.69) is 31.4 Å². The van der Waals surface area contributed by atoms with E-state index in [1.54, 1.807) is 38.3 Å². The molecule has 1 fully saturated rings. The number of ether oxygens (including phenoxy) is 1. The Kier molecular flexibility index (Phi) is 4.83. The van der Waals surface area contributed by atoms with Crippen molar-refractivity contribution in [2.45, 2.75) is 19.0 Å². The highest BCUT2D eigenvalue weighted by atomic mass is 79.9. The third-order valence-corrected chi connectivity index (χ3v) is 5.28. The van der Waals surface area contributed by atoms with Gasteiger partial charge in [-0.15, -0.1) is 0 Å². The lowest BCUT2D eigenvalue weighted by Gasteiger charge is -2.22. The van der Waals surface area contributed by atoms with Crippen LogP contribution in [-0.2, 0) is 16.9 Å². The summed E-state index contributed by atoms with van der Waals surface area (Å²) in [5.74, 6) is 0.820. The number of urea groups is 1. The third-order valence-electron chi connectivity index (χ3n) is 4.79. The molecule has 0 radical (unpaired) electrons. The second-order valence-corrected chi connectivity index (χ2v) is 7.61. The summed E-state index contributed by atoms with van der Waals surface area (Å²) < 4.78 is 11.3. The topological polar surface area (TPSA) is 97.6 Å². The zero-order chi connectivity index (χ0) is 20.6. The number of hydrogen-bond acceptors (Lipinski definition) is 6. The van der Waals surface area contributed by atoms with E-state index < -0.39 is 17.5 Å². The first-order valence-electron chi connectivity index (χ1n) is 8.78. The maximum absolute atomic E-state index is 13.0. The van der Waals surface area contributed by atoms with Gasteiger partial charge in [-0.05, 0) is 36.8 Å². The van der Waals surface area contributed by atoms with Crippen molar-refractivity contribution in [2.75, 3.05) is 7.11 Å². The number of benzene rings is 2. The van der Waals surface area contributed by atoms with Crippen LogP contribution < -0.4 is 10.1 Å². The minimum atomic E-state index is -1.18. The van der Waals surface area contributed by atoms with Crippen molar-refractivity contribution in [3.63, 3.8) is 0 Å². The van der Waals surface area contributed by atoms with Gasteiger partial charge in [-0.3, -0.25) is 9.69 Å². The first-order valence-corrected chi connectivity index (χ1v) is 9.57. The summed E-state index contributed by atoms with van der Waals surface area (Å²) in [5.41, 5.74) is 0.227. The van der Waals surface area contributed by atoms with E-state index in [9.17, 15) is 9.59 Å². The van der Waals surface area contributed by atoms with Crippen molar-refractivity contribution in [3.8, 4) is 17.1 Å². The molecule has 1 unspecified atom stereocenters. The largest absolute Gasteiger partial charge is 0.497 e. The smallest absolute Gasteiger partial charge is 0.325 e. The number of methoxy groups -OCH3 is 1. The molecular weight excluding hydrogens is 440 g/mol. The number of carbonyl (C=O) groups is 2.